The van der Waals surface area contributed by atoms with Gasteiger partial charge < -0.3 is 26.2 Å². The van der Waals surface area contributed by atoms with Crippen LogP contribution in [0.1, 0.15) is 53.2 Å². The number of anilines is 3. The molecule has 3 atom stereocenters. The topological polar surface area (TPSA) is 160 Å². The van der Waals surface area contributed by atoms with E-state index in [1.165, 1.54) is 11.8 Å². The highest BCUT2D eigenvalue weighted by molar-refractivity contribution is 6.00. The van der Waals surface area contributed by atoms with Crippen LogP contribution < -0.4 is 21.5 Å². The van der Waals surface area contributed by atoms with Crippen LogP contribution in [0.2, 0.25) is 0 Å². The third-order valence-electron chi connectivity index (χ3n) is 9.74. The maximum absolute atomic E-state index is 14.1. The zero-order valence-electron chi connectivity index (χ0n) is 26.8. The van der Waals surface area contributed by atoms with E-state index in [9.17, 15) is 19.8 Å². The van der Waals surface area contributed by atoms with E-state index in [0.717, 1.165) is 24.9 Å². The number of H-pyrrole nitrogens is 1. The summed E-state index contributed by atoms with van der Waals surface area (Å²) in [5.41, 5.74) is 2.35. The number of aliphatic hydroxyl groups is 2. The third kappa shape index (κ3) is 6.29. The molecule has 0 saturated carbocycles. The van der Waals surface area contributed by atoms with E-state index in [2.05, 4.69) is 60.2 Å². The Morgan fingerprint density at radius 1 is 1.00 bits per heavy atom. The summed E-state index contributed by atoms with van der Waals surface area (Å²) in [6, 6.07) is 25.0. The predicted octanol–water partition coefficient (Wildman–Crippen LogP) is 3.83. The van der Waals surface area contributed by atoms with Crippen LogP contribution in [-0.2, 0) is 13.6 Å². The number of rotatable bonds is 11. The molecule has 2 aromatic carbocycles. The number of benzene rings is 2. The zero-order chi connectivity index (χ0) is 33.3. The SMILES string of the molecule is Cn1[nH]c(=O)c2ccc(Nc3cc(NC(CO)c4ccccc4)c(C(=O)NC4(CO)CC5CCC(C4)N5Cc4ccccc4)cn3)nc21. The van der Waals surface area contributed by atoms with Crippen LogP contribution in [0.5, 0.6) is 0 Å². The molecule has 2 aliphatic heterocycles. The summed E-state index contributed by atoms with van der Waals surface area (Å²) in [7, 11) is 1.71. The Morgan fingerprint density at radius 3 is 2.40 bits per heavy atom. The summed E-state index contributed by atoms with van der Waals surface area (Å²) in [5.74, 6) is 0.523. The first-order valence-electron chi connectivity index (χ1n) is 16.3. The third-order valence-corrected chi connectivity index (χ3v) is 9.74. The van der Waals surface area contributed by atoms with Crippen molar-refractivity contribution in [3.8, 4) is 0 Å². The minimum absolute atomic E-state index is 0.167. The number of aliphatic hydroxyl groups excluding tert-OH is 2. The minimum atomic E-state index is -0.772. The molecule has 48 heavy (non-hydrogen) atoms. The number of aromatic amines is 1. The van der Waals surface area contributed by atoms with Gasteiger partial charge in [0.05, 0.1) is 41.4 Å². The van der Waals surface area contributed by atoms with Crippen molar-refractivity contribution in [1.29, 1.82) is 0 Å². The lowest BCUT2D eigenvalue weighted by atomic mass is 9.82. The van der Waals surface area contributed by atoms with Gasteiger partial charge in [0.1, 0.15) is 11.6 Å². The first-order chi connectivity index (χ1) is 23.3. The summed E-state index contributed by atoms with van der Waals surface area (Å²) >= 11 is 0. The van der Waals surface area contributed by atoms with Gasteiger partial charge in [0.25, 0.3) is 11.5 Å². The fourth-order valence-corrected chi connectivity index (χ4v) is 7.35. The number of nitrogens with one attached hydrogen (secondary N) is 4. The van der Waals surface area contributed by atoms with Crippen molar-refractivity contribution in [2.75, 3.05) is 23.8 Å². The Bertz CT molecular complexity index is 1950. The highest BCUT2D eigenvalue weighted by Gasteiger charge is 2.49. The number of hydrogen-bond acceptors (Lipinski definition) is 9. The maximum Gasteiger partial charge on any atom is 0.273 e. The number of amides is 1. The molecule has 2 fully saturated rings. The highest BCUT2D eigenvalue weighted by atomic mass is 16.3. The average Bonchev–Trinajstić information content (AvgIpc) is 3.52. The molecular weight excluding hydrogens is 608 g/mol. The lowest BCUT2D eigenvalue weighted by Gasteiger charge is -2.46. The van der Waals surface area contributed by atoms with E-state index in [-0.39, 0.29) is 36.8 Å². The number of piperidine rings is 1. The van der Waals surface area contributed by atoms with Crippen LogP contribution in [-0.4, -0.2) is 71.6 Å². The monoisotopic (exact) mass is 648 g/mol. The molecule has 5 aromatic rings. The molecule has 0 aliphatic carbocycles. The standard InChI is InChI=1S/C36H40N8O4/c1-43-33-27(35(48)42-43)14-15-31(40-33)39-32-16-29(38-30(21-45)24-10-6-3-7-11-24)28(19-37-32)34(47)41-36(22-46)17-25-12-13-26(18-36)44(25)20-23-8-4-2-5-9-23/h2-11,14-16,19,25-26,30,45-46H,12-13,17-18,20-22H2,1H3,(H,41,47)(H,42,48)(H2,37,38,39,40). The van der Waals surface area contributed by atoms with E-state index < -0.39 is 11.6 Å². The van der Waals surface area contributed by atoms with E-state index in [1.807, 2.05) is 36.4 Å². The van der Waals surface area contributed by atoms with Crippen molar-refractivity contribution in [3.05, 3.63) is 112 Å². The fraction of sp³-hybridized carbons (Fsp3) is 0.333. The minimum Gasteiger partial charge on any atom is -0.394 e. The summed E-state index contributed by atoms with van der Waals surface area (Å²) in [6.07, 6.45) is 4.83. The Labute approximate surface area is 277 Å². The Hall–Kier alpha value is -5.04. The van der Waals surface area contributed by atoms with E-state index in [1.54, 1.807) is 29.9 Å². The molecule has 6 N–H and O–H groups in total. The average molecular weight is 649 g/mol. The molecule has 248 valence electrons. The molecule has 0 radical (unpaired) electrons. The molecule has 5 heterocycles. The van der Waals surface area contributed by atoms with Crippen molar-refractivity contribution in [1.82, 2.24) is 30.0 Å². The van der Waals surface area contributed by atoms with Gasteiger partial charge in [-0.05, 0) is 48.9 Å². The number of nitrogens with zero attached hydrogens (tertiary/aromatic N) is 4. The number of fused-ring (bicyclic) bond motifs is 3. The predicted molar refractivity (Wildman–Crippen MR) is 184 cm³/mol. The van der Waals surface area contributed by atoms with E-state index in [4.69, 9.17) is 0 Å². The van der Waals surface area contributed by atoms with Gasteiger partial charge in [-0.25, -0.2) is 9.97 Å². The molecule has 12 heteroatoms. The number of carbonyl (C=O) groups excluding carboxylic acids is 1. The Kier molecular flexibility index (Phi) is 8.69. The van der Waals surface area contributed by atoms with Crippen molar-refractivity contribution in [2.45, 2.75) is 55.9 Å². The Morgan fingerprint density at radius 2 is 1.71 bits per heavy atom. The van der Waals surface area contributed by atoms with Crippen molar-refractivity contribution in [3.63, 3.8) is 0 Å². The first kappa shape index (κ1) is 31.6. The van der Waals surface area contributed by atoms with Gasteiger partial charge in [-0.3, -0.25) is 24.3 Å². The van der Waals surface area contributed by atoms with E-state index in [0.29, 0.717) is 46.8 Å². The van der Waals surface area contributed by atoms with Gasteiger partial charge in [-0.2, -0.15) is 0 Å². The number of hydrogen-bond donors (Lipinski definition) is 6. The number of aromatic nitrogens is 4. The molecule has 3 unspecified atom stereocenters. The number of aryl methyl sites for hydroxylation is 1. The molecule has 3 aromatic heterocycles. The molecule has 2 aliphatic rings. The summed E-state index contributed by atoms with van der Waals surface area (Å²) in [5, 5.41) is 34.1. The van der Waals surface area contributed by atoms with Gasteiger partial charge in [0.15, 0.2) is 5.65 Å². The van der Waals surface area contributed by atoms with Crippen LogP contribution in [0.4, 0.5) is 17.3 Å². The quantitative estimate of drug-likeness (QED) is 0.125. The summed E-state index contributed by atoms with van der Waals surface area (Å²) in [6.45, 7) is 0.471. The lowest BCUT2D eigenvalue weighted by Crippen LogP contribution is -2.60. The molecule has 0 spiro atoms. The van der Waals surface area contributed by atoms with Crippen LogP contribution in [0.15, 0.2) is 89.9 Å². The normalized spacial score (nSPS) is 21.2. The van der Waals surface area contributed by atoms with Crippen LogP contribution in [0.25, 0.3) is 11.0 Å². The summed E-state index contributed by atoms with van der Waals surface area (Å²) in [4.78, 5) is 37.9. The molecule has 2 saturated heterocycles. The van der Waals surface area contributed by atoms with Crippen molar-refractivity contribution < 1.29 is 15.0 Å². The molecule has 1 amide bonds. The molecule has 2 bridgehead atoms. The lowest BCUT2D eigenvalue weighted by molar-refractivity contribution is 0.0273. The second-order valence-electron chi connectivity index (χ2n) is 12.9. The molecular formula is C36H40N8O4. The van der Waals surface area contributed by atoms with Crippen molar-refractivity contribution in [2.24, 2.45) is 7.05 Å². The van der Waals surface area contributed by atoms with Gasteiger partial charge in [-0.1, -0.05) is 60.7 Å². The van der Waals surface area contributed by atoms with Gasteiger partial charge >= 0.3 is 0 Å². The molecule has 7 rings (SSSR count). The fourth-order valence-electron chi connectivity index (χ4n) is 7.35. The van der Waals surface area contributed by atoms with Crippen LogP contribution >= 0.6 is 0 Å². The van der Waals surface area contributed by atoms with Gasteiger partial charge in [0.2, 0.25) is 0 Å². The van der Waals surface area contributed by atoms with Crippen LogP contribution in [0, 0.1) is 0 Å². The smallest absolute Gasteiger partial charge is 0.273 e. The number of pyridine rings is 2. The number of carbonyl (C=O) groups is 1. The van der Waals surface area contributed by atoms with Gasteiger partial charge in [-0.15, -0.1) is 0 Å². The van der Waals surface area contributed by atoms with Crippen molar-refractivity contribution >= 4 is 34.3 Å². The van der Waals surface area contributed by atoms with Gasteiger partial charge in [0, 0.05) is 37.9 Å². The summed E-state index contributed by atoms with van der Waals surface area (Å²) < 4.78 is 1.55. The zero-order valence-corrected chi connectivity index (χ0v) is 26.8. The van der Waals surface area contributed by atoms with Crippen LogP contribution in [0.3, 0.4) is 0 Å². The largest absolute Gasteiger partial charge is 0.394 e. The first-order valence-corrected chi connectivity index (χ1v) is 16.3. The second kappa shape index (κ2) is 13.2. The van der Waals surface area contributed by atoms with E-state index >= 15 is 0 Å². The second-order valence-corrected chi connectivity index (χ2v) is 12.9. The molecule has 12 nitrogen and oxygen atoms in total. The maximum atomic E-state index is 14.1. The highest BCUT2D eigenvalue weighted by Crippen LogP contribution is 2.42. The Balaban J connectivity index is 1.16.